The van der Waals surface area contributed by atoms with Crippen LogP contribution in [0.2, 0.25) is 0 Å². The lowest BCUT2D eigenvalue weighted by Crippen LogP contribution is -2.24. The van der Waals surface area contributed by atoms with E-state index in [2.05, 4.69) is 13.8 Å². The largest absolute Gasteiger partial charge is 0.394 e. The molecule has 0 aromatic heterocycles. The summed E-state index contributed by atoms with van der Waals surface area (Å²) in [7, 11) is 0. The molecule has 4 heteroatoms. The van der Waals surface area contributed by atoms with Gasteiger partial charge in [0.05, 0.1) is 19.3 Å². The van der Waals surface area contributed by atoms with E-state index >= 15 is 0 Å². The summed E-state index contributed by atoms with van der Waals surface area (Å²) in [5.74, 6) is 0.512. The van der Waals surface area contributed by atoms with Crippen molar-refractivity contribution in [3.8, 4) is 0 Å². The molecule has 0 aliphatic carbocycles. The number of rotatable bonds is 49. The molecule has 0 rings (SSSR count). The molecule has 55 heavy (non-hydrogen) atoms. The Labute approximate surface area is 346 Å². The topological polar surface area (TPSA) is 66.8 Å². The molecule has 0 heterocycles. The van der Waals surface area contributed by atoms with Crippen LogP contribution in [0.15, 0.2) is 0 Å². The third-order valence-corrected chi connectivity index (χ3v) is 12.2. The van der Waals surface area contributed by atoms with Gasteiger partial charge in [-0.3, -0.25) is 4.79 Å². The molecule has 0 saturated heterocycles. The fourth-order valence-corrected chi connectivity index (χ4v) is 8.28. The van der Waals surface area contributed by atoms with Gasteiger partial charge in [0.25, 0.3) is 0 Å². The molecule has 0 radical (unpaired) electrons. The van der Waals surface area contributed by atoms with Gasteiger partial charge in [-0.05, 0) is 25.7 Å². The molecule has 0 spiro atoms. The Hall–Kier alpha value is -0.450. The fraction of sp³-hybridized carbons (Fsp3) is 0.980. The number of Topliss-reactive ketones (excluding diaryl/α,β-unsaturated/α-hetero) is 1. The molecule has 2 unspecified atom stereocenters. The van der Waals surface area contributed by atoms with Crippen LogP contribution in [0.3, 0.4) is 0 Å². The van der Waals surface area contributed by atoms with E-state index in [0.717, 1.165) is 38.5 Å². The van der Waals surface area contributed by atoms with Gasteiger partial charge >= 0.3 is 0 Å². The Balaban J connectivity index is 3.51. The van der Waals surface area contributed by atoms with Crippen molar-refractivity contribution < 1.29 is 19.7 Å². The Bertz CT molecular complexity index is 711. The van der Waals surface area contributed by atoms with E-state index in [1.54, 1.807) is 0 Å². The number of hydrogen-bond acceptors (Lipinski definition) is 4. The molecule has 0 saturated carbocycles. The van der Waals surface area contributed by atoms with Crippen LogP contribution in [0.1, 0.15) is 296 Å². The number of carbonyl (C=O) groups is 1. The second-order valence-electron chi connectivity index (χ2n) is 17.8. The molecule has 4 nitrogen and oxygen atoms in total. The Morgan fingerprint density at radius 2 is 0.618 bits per heavy atom. The van der Waals surface area contributed by atoms with Gasteiger partial charge in [-0.15, -0.1) is 0 Å². The first-order valence-electron chi connectivity index (χ1n) is 25.6. The van der Waals surface area contributed by atoms with Crippen molar-refractivity contribution in [2.75, 3.05) is 13.2 Å². The lowest BCUT2D eigenvalue weighted by atomic mass is 10.0. The first kappa shape index (κ1) is 54.6. The van der Waals surface area contributed by atoms with Gasteiger partial charge in [-0.2, -0.15) is 0 Å². The number of aliphatic hydroxyl groups is 2. The van der Waals surface area contributed by atoms with Crippen LogP contribution >= 0.6 is 0 Å². The van der Waals surface area contributed by atoms with Crippen molar-refractivity contribution in [3.63, 3.8) is 0 Å². The quantitative estimate of drug-likeness (QED) is 0.0604. The van der Waals surface area contributed by atoms with Gasteiger partial charge in [0.2, 0.25) is 0 Å². The molecule has 0 aliphatic heterocycles. The fourth-order valence-electron chi connectivity index (χ4n) is 8.28. The van der Waals surface area contributed by atoms with E-state index in [0.29, 0.717) is 5.78 Å². The number of carbonyl (C=O) groups excluding carboxylic acids is 1. The summed E-state index contributed by atoms with van der Waals surface area (Å²) in [6.07, 6.45) is 57.4. The zero-order chi connectivity index (χ0) is 40.0. The van der Waals surface area contributed by atoms with Crippen LogP contribution in [-0.4, -0.2) is 41.4 Å². The van der Waals surface area contributed by atoms with E-state index in [9.17, 15) is 15.0 Å². The number of hydrogen-bond donors (Lipinski definition) is 2. The van der Waals surface area contributed by atoms with Crippen molar-refractivity contribution >= 4 is 5.78 Å². The third kappa shape index (κ3) is 46.1. The lowest BCUT2D eigenvalue weighted by molar-refractivity contribution is -0.119. The summed E-state index contributed by atoms with van der Waals surface area (Å²) in [5.41, 5.74) is 0. The number of ether oxygens (including phenoxy) is 1. The molecule has 0 aromatic carbocycles. The van der Waals surface area contributed by atoms with Crippen LogP contribution in [0.4, 0.5) is 0 Å². The second-order valence-corrected chi connectivity index (χ2v) is 17.8. The molecular weight excluding hydrogens is 677 g/mol. The van der Waals surface area contributed by atoms with Crippen molar-refractivity contribution in [1.82, 2.24) is 0 Å². The molecule has 0 fully saturated rings. The summed E-state index contributed by atoms with van der Waals surface area (Å²) in [5, 5.41) is 19.0. The SMILES string of the molecule is CCCCCCCCCCCCCCCC(=O)CCCCCCCCCCCCCCCCCC(CCCCCCCCCCCCCC)OCC(O)CO. The molecular formula is C51H102O4. The van der Waals surface area contributed by atoms with Crippen LogP contribution in [0, 0.1) is 0 Å². The van der Waals surface area contributed by atoms with Crippen molar-refractivity contribution in [2.24, 2.45) is 0 Å². The second kappa shape index (κ2) is 47.9. The Morgan fingerprint density at radius 1 is 0.382 bits per heavy atom. The first-order valence-corrected chi connectivity index (χ1v) is 25.6. The molecule has 330 valence electrons. The summed E-state index contributed by atoms with van der Waals surface area (Å²) >= 11 is 0. The van der Waals surface area contributed by atoms with Gasteiger partial charge in [0.15, 0.2) is 0 Å². The van der Waals surface area contributed by atoms with E-state index in [4.69, 9.17) is 4.74 Å². The van der Waals surface area contributed by atoms with Crippen LogP contribution < -0.4 is 0 Å². The molecule has 0 amide bonds. The van der Waals surface area contributed by atoms with Crippen molar-refractivity contribution in [2.45, 2.75) is 309 Å². The van der Waals surface area contributed by atoms with Gasteiger partial charge in [0, 0.05) is 12.8 Å². The van der Waals surface area contributed by atoms with E-state index in [-0.39, 0.29) is 19.3 Å². The van der Waals surface area contributed by atoms with Crippen molar-refractivity contribution in [1.29, 1.82) is 0 Å². The average molecular weight is 779 g/mol. The minimum Gasteiger partial charge on any atom is -0.394 e. The minimum atomic E-state index is -0.749. The summed E-state index contributed by atoms with van der Waals surface area (Å²) < 4.78 is 6.04. The summed E-state index contributed by atoms with van der Waals surface area (Å²) in [4.78, 5) is 12.2. The number of aliphatic hydroxyl groups excluding tert-OH is 2. The highest BCUT2D eigenvalue weighted by atomic mass is 16.5. The van der Waals surface area contributed by atoms with Gasteiger partial charge in [0.1, 0.15) is 11.9 Å². The maximum atomic E-state index is 12.2. The van der Waals surface area contributed by atoms with Crippen molar-refractivity contribution in [3.05, 3.63) is 0 Å². The smallest absolute Gasteiger partial charge is 0.132 e. The summed E-state index contributed by atoms with van der Waals surface area (Å²) in [6.45, 7) is 4.63. The predicted molar refractivity (Wildman–Crippen MR) is 242 cm³/mol. The van der Waals surface area contributed by atoms with Gasteiger partial charge in [-0.25, -0.2) is 0 Å². The third-order valence-electron chi connectivity index (χ3n) is 12.2. The zero-order valence-corrected chi connectivity index (χ0v) is 37.9. The molecule has 0 bridgehead atoms. The van der Waals surface area contributed by atoms with Crippen LogP contribution in [0.25, 0.3) is 0 Å². The molecule has 2 N–H and O–H groups in total. The van der Waals surface area contributed by atoms with Gasteiger partial charge < -0.3 is 14.9 Å². The zero-order valence-electron chi connectivity index (χ0n) is 37.9. The Kier molecular flexibility index (Phi) is 47.5. The van der Waals surface area contributed by atoms with E-state index in [1.807, 2.05) is 0 Å². The predicted octanol–water partition coefficient (Wildman–Crippen LogP) is 16.5. The van der Waals surface area contributed by atoms with E-state index < -0.39 is 6.10 Å². The highest BCUT2D eigenvalue weighted by molar-refractivity contribution is 5.78. The number of ketones is 1. The van der Waals surface area contributed by atoms with Gasteiger partial charge in [-0.1, -0.05) is 258 Å². The van der Waals surface area contributed by atoms with E-state index in [1.165, 1.54) is 244 Å². The normalized spacial score (nSPS) is 12.8. The molecule has 0 aliphatic rings. The highest BCUT2D eigenvalue weighted by Crippen LogP contribution is 2.19. The maximum Gasteiger partial charge on any atom is 0.132 e. The molecule has 0 aromatic rings. The average Bonchev–Trinajstić information content (AvgIpc) is 3.19. The summed E-state index contributed by atoms with van der Waals surface area (Å²) in [6, 6.07) is 0. The maximum absolute atomic E-state index is 12.2. The molecule has 2 atom stereocenters. The highest BCUT2D eigenvalue weighted by Gasteiger charge is 2.12. The van der Waals surface area contributed by atoms with Crippen LogP contribution in [-0.2, 0) is 9.53 Å². The standard InChI is InChI=1S/C51H102O4/c1-3-5-7-9-11-13-15-20-23-27-31-35-39-43-49(53)44-40-36-32-28-24-21-18-17-19-22-26-30-34-38-42-46-51(55-48-50(54)47-52)45-41-37-33-29-25-16-14-12-10-8-6-4-2/h50-52,54H,3-48H2,1-2H3. The first-order chi connectivity index (χ1) is 27.1. The number of unbranched alkanes of at least 4 members (excludes halogenated alkanes) is 37. The van der Waals surface area contributed by atoms with Crippen LogP contribution in [0.5, 0.6) is 0 Å². The lowest BCUT2D eigenvalue weighted by Gasteiger charge is -2.19. The minimum absolute atomic E-state index is 0.213. The Morgan fingerprint density at radius 3 is 0.873 bits per heavy atom. The monoisotopic (exact) mass is 779 g/mol.